The molecule has 27 heavy (non-hydrogen) atoms. The summed E-state index contributed by atoms with van der Waals surface area (Å²) in [4.78, 5) is 12.3. The number of furan rings is 1. The predicted octanol–water partition coefficient (Wildman–Crippen LogP) is 6.40. The van der Waals surface area contributed by atoms with Crippen LogP contribution in [0.15, 0.2) is 59.0 Å². The highest BCUT2D eigenvalue weighted by Crippen LogP contribution is 2.32. The molecule has 1 aromatic heterocycles. The first-order valence-electron chi connectivity index (χ1n) is 7.44. The Kier molecular flexibility index (Phi) is 5.34. The van der Waals surface area contributed by atoms with Crippen molar-refractivity contribution in [1.82, 2.24) is 0 Å². The summed E-state index contributed by atoms with van der Waals surface area (Å²) in [6.07, 6.45) is -4.82. The summed E-state index contributed by atoms with van der Waals surface area (Å²) in [7, 11) is 0. The normalized spacial score (nSPS) is 11.3. The minimum Gasteiger partial charge on any atom is -0.451 e. The summed E-state index contributed by atoms with van der Waals surface area (Å²) < 4.78 is 46.1. The number of alkyl halides is 3. The maximum Gasteiger partial charge on any atom is 0.573 e. The number of amides is 1. The predicted molar refractivity (Wildman–Crippen MR) is 95.2 cm³/mol. The van der Waals surface area contributed by atoms with Gasteiger partial charge in [0.1, 0.15) is 11.5 Å². The lowest BCUT2D eigenvalue weighted by Gasteiger charge is -2.10. The van der Waals surface area contributed by atoms with Crippen molar-refractivity contribution in [3.63, 3.8) is 0 Å². The highest BCUT2D eigenvalue weighted by molar-refractivity contribution is 6.36. The van der Waals surface area contributed by atoms with Crippen LogP contribution in [0.1, 0.15) is 10.6 Å². The van der Waals surface area contributed by atoms with Gasteiger partial charge in [0.2, 0.25) is 0 Å². The zero-order valence-corrected chi connectivity index (χ0v) is 14.8. The summed E-state index contributed by atoms with van der Waals surface area (Å²) in [5.41, 5.74) is 0.657. The molecule has 0 radical (unpaired) electrons. The van der Waals surface area contributed by atoms with E-state index in [2.05, 4.69) is 10.1 Å². The molecule has 0 aliphatic heterocycles. The number of ether oxygens (including phenoxy) is 1. The number of carbonyl (C=O) groups excluding carboxylic acids is 1. The quantitative estimate of drug-likeness (QED) is 0.535. The average molecular weight is 416 g/mol. The molecule has 0 saturated heterocycles. The second-order valence-corrected chi connectivity index (χ2v) is 6.16. The van der Waals surface area contributed by atoms with Crippen LogP contribution >= 0.6 is 23.2 Å². The second-order valence-electron chi connectivity index (χ2n) is 5.32. The lowest BCUT2D eigenvalue weighted by Crippen LogP contribution is -2.17. The minimum atomic E-state index is -4.82. The van der Waals surface area contributed by atoms with Gasteiger partial charge in [-0.25, -0.2) is 0 Å². The Morgan fingerprint density at radius 2 is 1.81 bits per heavy atom. The third kappa shape index (κ3) is 4.96. The standard InChI is InChI=1S/C18H10Cl2F3NO3/c19-10-4-5-13(14(20)8-10)15-6-7-16(26-15)17(25)24-11-2-1-3-12(9-11)27-18(21,22)23/h1-9H,(H,24,25). The number of rotatable bonds is 4. The molecule has 0 unspecified atom stereocenters. The van der Waals surface area contributed by atoms with Crippen LogP contribution in [0.4, 0.5) is 18.9 Å². The first-order chi connectivity index (χ1) is 12.7. The molecule has 9 heteroatoms. The van der Waals surface area contributed by atoms with Gasteiger partial charge in [0.25, 0.3) is 5.91 Å². The average Bonchev–Trinajstić information content (AvgIpc) is 3.03. The monoisotopic (exact) mass is 415 g/mol. The van der Waals surface area contributed by atoms with Crippen LogP contribution < -0.4 is 10.1 Å². The van der Waals surface area contributed by atoms with E-state index in [9.17, 15) is 18.0 Å². The van der Waals surface area contributed by atoms with Crippen LogP contribution in [0.2, 0.25) is 10.0 Å². The van der Waals surface area contributed by atoms with Crippen molar-refractivity contribution in [2.75, 3.05) is 5.32 Å². The molecule has 0 aliphatic rings. The molecule has 0 spiro atoms. The lowest BCUT2D eigenvalue weighted by molar-refractivity contribution is -0.274. The van der Waals surface area contributed by atoms with E-state index in [0.29, 0.717) is 21.4 Å². The number of carbonyl (C=O) groups is 1. The Morgan fingerprint density at radius 3 is 2.52 bits per heavy atom. The Balaban J connectivity index is 1.76. The fourth-order valence-electron chi connectivity index (χ4n) is 2.26. The van der Waals surface area contributed by atoms with E-state index in [-0.39, 0.29) is 11.4 Å². The van der Waals surface area contributed by atoms with Crippen molar-refractivity contribution in [3.8, 4) is 17.1 Å². The van der Waals surface area contributed by atoms with Crippen molar-refractivity contribution in [1.29, 1.82) is 0 Å². The Hall–Kier alpha value is -2.64. The first kappa shape index (κ1) is 19.1. The van der Waals surface area contributed by atoms with Crippen LogP contribution in [0.3, 0.4) is 0 Å². The van der Waals surface area contributed by atoms with Crippen LogP contribution in [0, 0.1) is 0 Å². The Bertz CT molecular complexity index is 986. The zero-order valence-electron chi connectivity index (χ0n) is 13.3. The molecule has 140 valence electrons. The van der Waals surface area contributed by atoms with Crippen molar-refractivity contribution >= 4 is 34.8 Å². The van der Waals surface area contributed by atoms with Crippen LogP contribution in [0.25, 0.3) is 11.3 Å². The van der Waals surface area contributed by atoms with Gasteiger partial charge in [-0.15, -0.1) is 13.2 Å². The minimum absolute atomic E-state index is 0.0434. The van der Waals surface area contributed by atoms with Gasteiger partial charge in [0.05, 0.1) is 5.02 Å². The van der Waals surface area contributed by atoms with Gasteiger partial charge in [0, 0.05) is 22.3 Å². The zero-order chi connectivity index (χ0) is 19.6. The van der Waals surface area contributed by atoms with E-state index in [0.717, 1.165) is 12.1 Å². The summed E-state index contributed by atoms with van der Waals surface area (Å²) in [5, 5.41) is 3.24. The van der Waals surface area contributed by atoms with Gasteiger partial charge in [0.15, 0.2) is 5.76 Å². The third-order valence-electron chi connectivity index (χ3n) is 3.35. The molecule has 0 atom stereocenters. The molecule has 0 saturated carbocycles. The number of hydrogen-bond acceptors (Lipinski definition) is 3. The SMILES string of the molecule is O=C(Nc1cccc(OC(F)(F)F)c1)c1ccc(-c2ccc(Cl)cc2Cl)o1. The third-order valence-corrected chi connectivity index (χ3v) is 3.90. The molecular weight excluding hydrogens is 406 g/mol. The van der Waals surface area contributed by atoms with Gasteiger partial charge < -0.3 is 14.5 Å². The molecule has 3 rings (SSSR count). The lowest BCUT2D eigenvalue weighted by atomic mass is 10.2. The van der Waals surface area contributed by atoms with Crippen molar-refractivity contribution in [2.45, 2.75) is 6.36 Å². The van der Waals surface area contributed by atoms with Crippen LogP contribution in [-0.2, 0) is 0 Å². The van der Waals surface area contributed by atoms with Gasteiger partial charge in [-0.1, -0.05) is 29.3 Å². The smallest absolute Gasteiger partial charge is 0.451 e. The molecule has 4 nitrogen and oxygen atoms in total. The van der Waals surface area contributed by atoms with Crippen molar-refractivity contribution < 1.29 is 27.1 Å². The summed E-state index contributed by atoms with van der Waals surface area (Å²) in [6, 6.07) is 12.7. The highest BCUT2D eigenvalue weighted by atomic mass is 35.5. The molecule has 0 aliphatic carbocycles. The summed E-state index contributed by atoms with van der Waals surface area (Å²) >= 11 is 11.9. The number of halogens is 5. The van der Waals surface area contributed by atoms with Crippen molar-refractivity contribution in [2.24, 2.45) is 0 Å². The Labute approximate surface area is 161 Å². The van der Waals surface area contributed by atoms with E-state index in [4.69, 9.17) is 27.6 Å². The molecule has 0 fully saturated rings. The fraction of sp³-hybridized carbons (Fsp3) is 0.0556. The number of nitrogens with one attached hydrogen (secondary N) is 1. The molecule has 1 heterocycles. The first-order valence-corrected chi connectivity index (χ1v) is 8.19. The molecule has 1 N–H and O–H groups in total. The molecule has 3 aromatic rings. The molecular formula is C18H10Cl2F3NO3. The summed E-state index contributed by atoms with van der Waals surface area (Å²) in [5.74, 6) is -0.794. The maximum atomic E-state index is 12.3. The Morgan fingerprint density at radius 1 is 1.04 bits per heavy atom. The number of hydrogen-bond donors (Lipinski definition) is 1. The maximum absolute atomic E-state index is 12.3. The summed E-state index contributed by atoms with van der Waals surface area (Å²) in [6.45, 7) is 0. The molecule has 0 bridgehead atoms. The second kappa shape index (κ2) is 7.54. The van der Waals surface area contributed by atoms with Crippen molar-refractivity contribution in [3.05, 3.63) is 70.4 Å². The molecule has 2 aromatic carbocycles. The van der Waals surface area contributed by atoms with Gasteiger partial charge >= 0.3 is 6.36 Å². The highest BCUT2D eigenvalue weighted by Gasteiger charge is 2.31. The van der Waals surface area contributed by atoms with E-state index in [1.54, 1.807) is 18.2 Å². The fourth-order valence-corrected chi connectivity index (χ4v) is 2.76. The van der Waals surface area contributed by atoms with Gasteiger partial charge in [-0.3, -0.25) is 4.79 Å². The van der Waals surface area contributed by atoms with E-state index in [1.165, 1.54) is 24.3 Å². The van der Waals surface area contributed by atoms with Crippen LogP contribution in [-0.4, -0.2) is 12.3 Å². The van der Waals surface area contributed by atoms with Crippen LogP contribution in [0.5, 0.6) is 5.75 Å². The van der Waals surface area contributed by atoms with E-state index in [1.807, 2.05) is 0 Å². The molecule has 1 amide bonds. The largest absolute Gasteiger partial charge is 0.573 e. The van der Waals surface area contributed by atoms with E-state index >= 15 is 0 Å². The number of benzene rings is 2. The van der Waals surface area contributed by atoms with Gasteiger partial charge in [-0.05, 0) is 42.5 Å². The van der Waals surface area contributed by atoms with Gasteiger partial charge in [-0.2, -0.15) is 0 Å². The van der Waals surface area contributed by atoms with E-state index < -0.39 is 18.0 Å². The topological polar surface area (TPSA) is 51.5 Å². The number of anilines is 1.